The minimum Gasteiger partial charge on any atom is -0.495 e. The largest absolute Gasteiger partial charge is 0.495 e. The van der Waals surface area contributed by atoms with E-state index in [-0.39, 0.29) is 16.1 Å². The summed E-state index contributed by atoms with van der Waals surface area (Å²) in [6.45, 7) is 0. The Kier molecular flexibility index (Phi) is 6.77. The van der Waals surface area contributed by atoms with Crippen LogP contribution >= 0.6 is 59.1 Å². The van der Waals surface area contributed by atoms with Crippen LogP contribution in [-0.2, 0) is 0 Å². The topological polar surface area (TPSA) is 75.6 Å². The van der Waals surface area contributed by atoms with Gasteiger partial charge in [0.05, 0.1) is 17.1 Å². The van der Waals surface area contributed by atoms with Gasteiger partial charge in [0.1, 0.15) is 22.1 Å². The maximum Gasteiger partial charge on any atom is 0.339 e. The highest BCUT2D eigenvalue weighted by Crippen LogP contribution is 2.41. The summed E-state index contributed by atoms with van der Waals surface area (Å²) in [4.78, 5) is 24.8. The van der Waals surface area contributed by atoms with Gasteiger partial charge < -0.3 is 15.2 Å². The molecule has 0 aliphatic carbocycles. The smallest absolute Gasteiger partial charge is 0.339 e. The van der Waals surface area contributed by atoms with Crippen molar-refractivity contribution in [1.29, 1.82) is 0 Å². The number of amides is 1. The first kappa shape index (κ1) is 21.9. The van der Waals surface area contributed by atoms with Crippen LogP contribution in [0.15, 0.2) is 49.1 Å². The first-order chi connectivity index (χ1) is 13.7. The van der Waals surface area contributed by atoms with E-state index in [4.69, 9.17) is 4.74 Å². The van der Waals surface area contributed by atoms with Crippen LogP contribution in [0.3, 0.4) is 0 Å². The number of aromatic carboxylic acids is 1. The molecule has 1 aromatic heterocycles. The van der Waals surface area contributed by atoms with Crippen LogP contribution in [0.25, 0.3) is 11.1 Å². The number of hydrogen-bond donors (Lipinski definition) is 2. The number of carboxylic acids is 1. The van der Waals surface area contributed by atoms with E-state index < -0.39 is 17.7 Å². The van der Waals surface area contributed by atoms with E-state index in [0.29, 0.717) is 30.3 Å². The van der Waals surface area contributed by atoms with Crippen molar-refractivity contribution in [2.45, 2.75) is 0 Å². The number of thiophene rings is 1. The van der Waals surface area contributed by atoms with Crippen molar-refractivity contribution in [3.05, 3.63) is 66.1 Å². The van der Waals surface area contributed by atoms with E-state index in [9.17, 15) is 19.1 Å². The molecule has 0 unspecified atom stereocenters. The Bertz CT molecular complexity index is 1130. The summed E-state index contributed by atoms with van der Waals surface area (Å²) < 4.78 is 20.2. The van der Waals surface area contributed by atoms with Gasteiger partial charge in [0, 0.05) is 19.9 Å². The fourth-order valence-corrected chi connectivity index (χ4v) is 5.50. The Morgan fingerprint density at radius 1 is 1.14 bits per heavy atom. The SMILES string of the molecule is COc1cc(Br)c(C(=O)Nc2scc(-c3cccc(F)c3)c2C(=O)O)c(Br)c1Br. The van der Waals surface area contributed by atoms with Crippen molar-refractivity contribution in [1.82, 2.24) is 0 Å². The number of benzene rings is 2. The van der Waals surface area contributed by atoms with Crippen LogP contribution in [0.2, 0.25) is 0 Å². The number of nitrogens with one attached hydrogen (secondary N) is 1. The van der Waals surface area contributed by atoms with Crippen LogP contribution in [0.5, 0.6) is 5.75 Å². The maximum absolute atomic E-state index is 13.6. The molecule has 150 valence electrons. The number of carboxylic acid groups (broad SMARTS) is 1. The number of hydrogen-bond acceptors (Lipinski definition) is 4. The summed E-state index contributed by atoms with van der Waals surface area (Å²) in [5, 5.41) is 14.0. The lowest BCUT2D eigenvalue weighted by molar-refractivity contribution is 0.0699. The molecule has 0 saturated heterocycles. The molecule has 0 aliphatic heterocycles. The molecule has 2 N–H and O–H groups in total. The Balaban J connectivity index is 2.03. The summed E-state index contributed by atoms with van der Waals surface area (Å²) in [6.07, 6.45) is 0. The van der Waals surface area contributed by atoms with E-state index in [1.807, 2.05) is 0 Å². The molecule has 0 radical (unpaired) electrons. The molecule has 1 heterocycles. The third-order valence-corrected chi connectivity index (χ3v) is 7.57. The second-order valence-electron chi connectivity index (χ2n) is 5.69. The molecule has 0 saturated carbocycles. The van der Waals surface area contributed by atoms with E-state index in [1.165, 1.54) is 25.3 Å². The molecule has 0 spiro atoms. The number of methoxy groups -OCH3 is 1. The highest BCUT2D eigenvalue weighted by molar-refractivity contribution is 9.13. The quantitative estimate of drug-likeness (QED) is 0.313. The Morgan fingerprint density at radius 2 is 1.86 bits per heavy atom. The van der Waals surface area contributed by atoms with Crippen molar-refractivity contribution in [2.24, 2.45) is 0 Å². The summed E-state index contributed by atoms with van der Waals surface area (Å²) >= 11 is 11.1. The van der Waals surface area contributed by atoms with Gasteiger partial charge in [-0.2, -0.15) is 0 Å². The van der Waals surface area contributed by atoms with Gasteiger partial charge in [-0.15, -0.1) is 11.3 Å². The van der Waals surface area contributed by atoms with Gasteiger partial charge in [-0.1, -0.05) is 12.1 Å². The second-order valence-corrected chi connectivity index (χ2v) is 9.01. The molecular weight excluding hydrogens is 597 g/mol. The van der Waals surface area contributed by atoms with Crippen molar-refractivity contribution in [3.63, 3.8) is 0 Å². The normalized spacial score (nSPS) is 10.7. The van der Waals surface area contributed by atoms with E-state index in [0.717, 1.165) is 11.3 Å². The number of rotatable bonds is 5. The zero-order chi connectivity index (χ0) is 21.3. The summed E-state index contributed by atoms with van der Waals surface area (Å²) in [6, 6.07) is 7.24. The molecule has 0 aliphatic rings. The number of carbonyl (C=O) groups excluding carboxylic acids is 1. The van der Waals surface area contributed by atoms with Crippen molar-refractivity contribution in [2.75, 3.05) is 12.4 Å². The Morgan fingerprint density at radius 3 is 2.48 bits per heavy atom. The molecule has 0 fully saturated rings. The standard InChI is InChI=1S/C19H11Br3FNO4S/c1-28-12-6-11(20)14(16(22)15(12)21)17(25)24-18-13(19(26)27)10(7-29-18)8-3-2-4-9(23)5-8/h2-7H,1H3,(H,24,25)(H,26,27). The fourth-order valence-electron chi connectivity index (χ4n) is 2.63. The molecule has 10 heteroatoms. The molecule has 0 atom stereocenters. The number of ether oxygens (including phenoxy) is 1. The third-order valence-electron chi connectivity index (χ3n) is 3.94. The van der Waals surface area contributed by atoms with Gasteiger partial charge in [0.25, 0.3) is 5.91 Å². The van der Waals surface area contributed by atoms with Crippen LogP contribution in [0.1, 0.15) is 20.7 Å². The first-order valence-electron chi connectivity index (χ1n) is 7.88. The zero-order valence-corrected chi connectivity index (χ0v) is 20.1. The van der Waals surface area contributed by atoms with Gasteiger partial charge in [0.15, 0.2) is 0 Å². The fraction of sp³-hybridized carbons (Fsp3) is 0.0526. The molecule has 1 amide bonds. The zero-order valence-electron chi connectivity index (χ0n) is 14.6. The monoisotopic (exact) mass is 605 g/mol. The highest BCUT2D eigenvalue weighted by Gasteiger charge is 2.25. The molecule has 0 bridgehead atoms. The first-order valence-corrected chi connectivity index (χ1v) is 11.1. The summed E-state index contributed by atoms with van der Waals surface area (Å²) in [5.74, 6) is -1.72. The number of halogens is 4. The molecule has 2 aromatic carbocycles. The van der Waals surface area contributed by atoms with Crippen molar-refractivity contribution in [3.8, 4) is 16.9 Å². The predicted octanol–water partition coefficient (Wildman–Crippen LogP) is 6.80. The van der Waals surface area contributed by atoms with Crippen LogP contribution < -0.4 is 10.1 Å². The lowest BCUT2D eigenvalue weighted by Crippen LogP contribution is -2.15. The van der Waals surface area contributed by atoms with Crippen LogP contribution in [0.4, 0.5) is 9.39 Å². The summed E-state index contributed by atoms with van der Waals surface area (Å²) in [5.41, 5.74) is 0.892. The van der Waals surface area contributed by atoms with Gasteiger partial charge in [-0.05, 0) is 71.6 Å². The van der Waals surface area contributed by atoms with Crippen LogP contribution in [0, 0.1) is 5.82 Å². The maximum atomic E-state index is 13.6. The molecular formula is C19H11Br3FNO4S. The van der Waals surface area contributed by atoms with Gasteiger partial charge in [0.2, 0.25) is 0 Å². The van der Waals surface area contributed by atoms with E-state index >= 15 is 0 Å². The van der Waals surface area contributed by atoms with Crippen molar-refractivity contribution < 1.29 is 23.8 Å². The number of anilines is 1. The molecule has 3 aromatic rings. The van der Waals surface area contributed by atoms with Crippen molar-refractivity contribution >= 4 is 76.0 Å². The van der Waals surface area contributed by atoms with Gasteiger partial charge >= 0.3 is 5.97 Å². The average molecular weight is 608 g/mol. The minimum absolute atomic E-state index is 0.103. The highest BCUT2D eigenvalue weighted by atomic mass is 79.9. The molecule has 3 rings (SSSR count). The molecule has 29 heavy (non-hydrogen) atoms. The van der Waals surface area contributed by atoms with Crippen LogP contribution in [-0.4, -0.2) is 24.1 Å². The lowest BCUT2D eigenvalue weighted by Gasteiger charge is -2.13. The lowest BCUT2D eigenvalue weighted by atomic mass is 10.0. The average Bonchev–Trinajstić information content (AvgIpc) is 3.08. The Labute approximate surface area is 194 Å². The molecule has 5 nitrogen and oxygen atoms in total. The number of carbonyl (C=O) groups is 2. The second kappa shape index (κ2) is 8.95. The van der Waals surface area contributed by atoms with E-state index in [2.05, 4.69) is 53.1 Å². The summed E-state index contributed by atoms with van der Waals surface area (Å²) in [7, 11) is 1.50. The third kappa shape index (κ3) is 4.40. The van der Waals surface area contributed by atoms with E-state index in [1.54, 1.807) is 17.5 Å². The Hall–Kier alpha value is -1.75. The predicted molar refractivity (Wildman–Crippen MR) is 121 cm³/mol. The van der Waals surface area contributed by atoms with Gasteiger partial charge in [-0.3, -0.25) is 4.79 Å². The minimum atomic E-state index is -1.23. The van der Waals surface area contributed by atoms with Gasteiger partial charge in [-0.25, -0.2) is 9.18 Å².